The molecule has 0 saturated heterocycles. The van der Waals surface area contributed by atoms with E-state index in [-0.39, 0.29) is 11.4 Å². The molecule has 0 unspecified atom stereocenters. The number of nitrogens with one attached hydrogen (secondary N) is 1. The number of aromatic carboxylic acids is 1. The number of nitrogens with zero attached hydrogens (tertiary/aromatic N) is 1. The van der Waals surface area contributed by atoms with Gasteiger partial charge < -0.3 is 15.2 Å². The average Bonchev–Trinajstić information content (AvgIpc) is 2.28. The highest BCUT2D eigenvalue weighted by molar-refractivity contribution is 5.89. The molecule has 1 aromatic carbocycles. The maximum atomic E-state index is 11.1. The molecular formula is C11H8N2O4. The van der Waals surface area contributed by atoms with Gasteiger partial charge in [-0.2, -0.15) is 4.98 Å². The van der Waals surface area contributed by atoms with Gasteiger partial charge in [0.25, 0.3) is 5.56 Å². The van der Waals surface area contributed by atoms with E-state index >= 15 is 0 Å². The summed E-state index contributed by atoms with van der Waals surface area (Å²) in [7, 11) is 0. The first kappa shape index (κ1) is 10.9. The van der Waals surface area contributed by atoms with Crippen molar-refractivity contribution in [3.63, 3.8) is 0 Å². The lowest BCUT2D eigenvalue weighted by Gasteiger charge is -2.02. The predicted molar refractivity (Wildman–Crippen MR) is 58.9 cm³/mol. The minimum absolute atomic E-state index is 0.0773. The Labute approximate surface area is 95.2 Å². The van der Waals surface area contributed by atoms with Crippen molar-refractivity contribution in [1.82, 2.24) is 9.97 Å². The highest BCUT2D eigenvalue weighted by Crippen LogP contribution is 2.16. The molecule has 2 aromatic rings. The fourth-order valence-electron chi connectivity index (χ4n) is 1.38. The summed E-state index contributed by atoms with van der Waals surface area (Å²) < 4.78 is 0. The van der Waals surface area contributed by atoms with Crippen LogP contribution in [0.3, 0.4) is 0 Å². The molecule has 3 N–H and O–H groups in total. The molecule has 0 amide bonds. The summed E-state index contributed by atoms with van der Waals surface area (Å²) in [5, 5.41) is 18.0. The molecule has 0 bridgehead atoms. The molecule has 0 aliphatic carbocycles. The number of aromatic amines is 1. The van der Waals surface area contributed by atoms with E-state index in [0.717, 1.165) is 6.07 Å². The molecule has 0 atom stereocenters. The van der Waals surface area contributed by atoms with E-state index in [0.29, 0.717) is 5.56 Å². The molecule has 86 valence electrons. The molecule has 1 aromatic heterocycles. The quantitative estimate of drug-likeness (QED) is 0.711. The molecule has 17 heavy (non-hydrogen) atoms. The zero-order valence-electron chi connectivity index (χ0n) is 8.54. The third-order valence-corrected chi connectivity index (χ3v) is 2.11. The molecule has 6 nitrogen and oxygen atoms in total. The van der Waals surface area contributed by atoms with Crippen molar-refractivity contribution in [3.05, 3.63) is 46.2 Å². The summed E-state index contributed by atoms with van der Waals surface area (Å²) in [5.41, 5.74) is -0.0142. The molecule has 0 radical (unpaired) electrons. The van der Waals surface area contributed by atoms with Gasteiger partial charge in [-0.25, -0.2) is 4.79 Å². The fourth-order valence-corrected chi connectivity index (χ4v) is 1.38. The topological polar surface area (TPSA) is 103 Å². The third-order valence-electron chi connectivity index (χ3n) is 2.11. The summed E-state index contributed by atoms with van der Waals surface area (Å²) in [6, 6.07) is 6.84. The van der Waals surface area contributed by atoms with Gasteiger partial charge in [0.05, 0.1) is 11.6 Å². The van der Waals surface area contributed by atoms with Crippen LogP contribution >= 0.6 is 0 Å². The van der Waals surface area contributed by atoms with Crippen LogP contribution in [0, 0.1) is 0 Å². The third kappa shape index (κ3) is 2.31. The van der Waals surface area contributed by atoms with Gasteiger partial charge in [-0.05, 0) is 12.1 Å². The highest BCUT2D eigenvalue weighted by Gasteiger charge is 2.07. The molecule has 1 heterocycles. The van der Waals surface area contributed by atoms with Crippen LogP contribution < -0.4 is 5.56 Å². The van der Waals surface area contributed by atoms with E-state index in [1.165, 1.54) is 18.2 Å². The number of carboxylic acid groups (broad SMARTS) is 1. The number of aromatic hydroxyl groups is 1. The normalized spacial score (nSPS) is 10.1. The van der Waals surface area contributed by atoms with E-state index in [4.69, 9.17) is 5.11 Å². The number of aromatic nitrogens is 2. The Kier molecular flexibility index (Phi) is 2.61. The van der Waals surface area contributed by atoms with Gasteiger partial charge in [-0.3, -0.25) is 4.79 Å². The van der Waals surface area contributed by atoms with Gasteiger partial charge in [0.1, 0.15) is 5.82 Å². The summed E-state index contributed by atoms with van der Waals surface area (Å²) in [6.07, 6.45) is 0. The lowest BCUT2D eigenvalue weighted by molar-refractivity contribution is 0.0697. The molecule has 0 fully saturated rings. The predicted octanol–water partition coefficient (Wildman–Crippen LogP) is 0.841. The molecule has 6 heteroatoms. The first-order valence-electron chi connectivity index (χ1n) is 4.70. The Balaban J connectivity index is 2.56. The van der Waals surface area contributed by atoms with E-state index in [1.54, 1.807) is 6.07 Å². The SMILES string of the molecule is O=C(O)c1cccc(-c2nc(O)cc(=O)[nH]2)c1. The van der Waals surface area contributed by atoms with Crippen LogP contribution in [-0.2, 0) is 0 Å². The van der Waals surface area contributed by atoms with Crippen LogP contribution in [0.5, 0.6) is 5.88 Å². The smallest absolute Gasteiger partial charge is 0.335 e. The number of H-pyrrole nitrogens is 1. The van der Waals surface area contributed by atoms with Crippen LogP contribution in [0.2, 0.25) is 0 Å². The monoisotopic (exact) mass is 232 g/mol. The standard InChI is InChI=1S/C11H8N2O4/c14-8-5-9(15)13-10(12-8)6-2-1-3-7(4-6)11(16)17/h1-5H,(H,16,17)(H2,12,13,14,15). The molecule has 0 aliphatic rings. The maximum absolute atomic E-state index is 11.1. The fraction of sp³-hybridized carbons (Fsp3) is 0. The van der Waals surface area contributed by atoms with Gasteiger partial charge in [-0.15, -0.1) is 0 Å². The Bertz CT molecular complexity index is 633. The van der Waals surface area contributed by atoms with E-state index in [2.05, 4.69) is 9.97 Å². The van der Waals surface area contributed by atoms with Crippen LogP contribution in [-0.4, -0.2) is 26.2 Å². The van der Waals surface area contributed by atoms with E-state index in [9.17, 15) is 14.7 Å². The summed E-state index contributed by atoms with van der Waals surface area (Å²) in [4.78, 5) is 28.0. The van der Waals surface area contributed by atoms with Gasteiger partial charge in [-0.1, -0.05) is 12.1 Å². The number of rotatable bonds is 2. The Morgan fingerprint density at radius 2 is 2.06 bits per heavy atom. The van der Waals surface area contributed by atoms with Crippen LogP contribution in [0.15, 0.2) is 35.1 Å². The molecule has 0 spiro atoms. The van der Waals surface area contributed by atoms with Crippen molar-refractivity contribution >= 4 is 5.97 Å². The minimum atomic E-state index is -1.07. The van der Waals surface area contributed by atoms with Crippen LogP contribution in [0.1, 0.15) is 10.4 Å². The molecular weight excluding hydrogens is 224 g/mol. The number of carboxylic acids is 1. The molecule has 0 saturated carbocycles. The second kappa shape index (κ2) is 4.09. The first-order valence-corrected chi connectivity index (χ1v) is 4.70. The zero-order chi connectivity index (χ0) is 12.4. The van der Waals surface area contributed by atoms with Crippen molar-refractivity contribution in [1.29, 1.82) is 0 Å². The number of hydrogen-bond donors (Lipinski definition) is 3. The van der Waals surface area contributed by atoms with E-state index in [1.807, 2.05) is 0 Å². The summed E-state index contributed by atoms with van der Waals surface area (Å²) in [5.74, 6) is -1.36. The van der Waals surface area contributed by atoms with Crippen molar-refractivity contribution < 1.29 is 15.0 Å². The minimum Gasteiger partial charge on any atom is -0.493 e. The van der Waals surface area contributed by atoms with Crippen molar-refractivity contribution in [2.75, 3.05) is 0 Å². The Hall–Kier alpha value is -2.63. The van der Waals surface area contributed by atoms with Gasteiger partial charge in [0, 0.05) is 5.56 Å². The number of benzene rings is 1. The second-order valence-corrected chi connectivity index (χ2v) is 3.34. The van der Waals surface area contributed by atoms with Crippen LogP contribution in [0.4, 0.5) is 0 Å². The van der Waals surface area contributed by atoms with Gasteiger partial charge in [0.15, 0.2) is 0 Å². The van der Waals surface area contributed by atoms with Crippen molar-refractivity contribution in [2.24, 2.45) is 0 Å². The van der Waals surface area contributed by atoms with Crippen molar-refractivity contribution in [2.45, 2.75) is 0 Å². The van der Waals surface area contributed by atoms with Crippen molar-refractivity contribution in [3.8, 4) is 17.3 Å². The van der Waals surface area contributed by atoms with Crippen LogP contribution in [0.25, 0.3) is 11.4 Å². The van der Waals surface area contributed by atoms with Gasteiger partial charge in [0.2, 0.25) is 5.88 Å². The molecule has 0 aliphatic heterocycles. The first-order chi connectivity index (χ1) is 8.06. The summed E-state index contributed by atoms with van der Waals surface area (Å²) in [6.45, 7) is 0. The highest BCUT2D eigenvalue weighted by atomic mass is 16.4. The van der Waals surface area contributed by atoms with Gasteiger partial charge >= 0.3 is 5.97 Å². The zero-order valence-corrected chi connectivity index (χ0v) is 8.54. The lowest BCUT2D eigenvalue weighted by Crippen LogP contribution is -2.07. The summed E-state index contributed by atoms with van der Waals surface area (Å²) >= 11 is 0. The maximum Gasteiger partial charge on any atom is 0.335 e. The van der Waals surface area contributed by atoms with E-state index < -0.39 is 17.4 Å². The Morgan fingerprint density at radius 3 is 2.71 bits per heavy atom. The molecule has 2 rings (SSSR count). The largest absolute Gasteiger partial charge is 0.493 e. The number of carbonyl (C=O) groups is 1. The Morgan fingerprint density at radius 1 is 1.29 bits per heavy atom. The lowest BCUT2D eigenvalue weighted by atomic mass is 10.1. The number of hydrogen-bond acceptors (Lipinski definition) is 4. The average molecular weight is 232 g/mol. The second-order valence-electron chi connectivity index (χ2n) is 3.34.